The van der Waals surface area contributed by atoms with Crippen LogP contribution in [0.1, 0.15) is 20.8 Å². The maximum atomic E-state index is 12.5. The number of sulfonamides is 1. The summed E-state index contributed by atoms with van der Waals surface area (Å²) in [6, 6.07) is 15.6. The monoisotopic (exact) mass is 449 g/mol. The molecule has 0 aliphatic heterocycles. The summed E-state index contributed by atoms with van der Waals surface area (Å²) in [5.74, 6) is 0. The van der Waals surface area contributed by atoms with Crippen LogP contribution >= 0.6 is 27.3 Å². The van der Waals surface area contributed by atoms with Crippen LogP contribution in [0.25, 0.3) is 21.8 Å². The molecular formula is C19H18BrN2O2S2. The Morgan fingerprint density at radius 1 is 1.15 bits per heavy atom. The Balaban J connectivity index is 1.93. The van der Waals surface area contributed by atoms with Crippen LogP contribution in [-0.4, -0.2) is 18.9 Å². The summed E-state index contributed by atoms with van der Waals surface area (Å²) < 4.78 is 28.3. The molecule has 2 aromatic carbocycles. The quantitative estimate of drug-likeness (QED) is 0.601. The van der Waals surface area contributed by atoms with Crippen LogP contribution in [0, 0.1) is 6.07 Å². The van der Waals surface area contributed by atoms with E-state index in [1.165, 1.54) is 0 Å². The van der Waals surface area contributed by atoms with Gasteiger partial charge >= 0.3 is 0 Å². The standard InChI is InChI=1S/C19H18BrN2O2S2/c1-19(2,3)22-26(23,24)14-9-10-15(16(20)11-14)17-12-25-18(21-17)13-7-5-4-6-8-13/h5-12,22H,1-3H3. The number of benzene rings is 2. The van der Waals surface area contributed by atoms with E-state index in [0.717, 1.165) is 21.8 Å². The van der Waals surface area contributed by atoms with Gasteiger partial charge in [0.15, 0.2) is 0 Å². The fourth-order valence-electron chi connectivity index (χ4n) is 2.39. The first-order valence-electron chi connectivity index (χ1n) is 7.92. The minimum Gasteiger partial charge on any atom is -0.236 e. The second-order valence-electron chi connectivity index (χ2n) is 6.82. The van der Waals surface area contributed by atoms with Gasteiger partial charge in [-0.05, 0) is 39.0 Å². The van der Waals surface area contributed by atoms with Gasteiger partial charge in [0.05, 0.1) is 10.6 Å². The summed E-state index contributed by atoms with van der Waals surface area (Å²) >= 11 is 5.04. The second-order valence-corrected chi connectivity index (χ2v) is 10.2. The van der Waals surface area contributed by atoms with Gasteiger partial charge in [-0.25, -0.2) is 18.1 Å². The molecule has 0 fully saturated rings. The Kier molecular flexibility index (Phi) is 5.35. The lowest BCUT2D eigenvalue weighted by molar-refractivity contribution is 0.491. The molecule has 0 aliphatic rings. The zero-order chi connectivity index (χ0) is 18.9. The summed E-state index contributed by atoms with van der Waals surface area (Å²) in [5, 5.41) is 2.88. The van der Waals surface area contributed by atoms with Gasteiger partial charge in [0, 0.05) is 26.5 Å². The first-order valence-corrected chi connectivity index (χ1v) is 11.1. The number of halogens is 1. The van der Waals surface area contributed by atoms with Crippen LogP contribution in [0.3, 0.4) is 0 Å². The van der Waals surface area contributed by atoms with E-state index in [1.54, 1.807) is 29.5 Å². The van der Waals surface area contributed by atoms with E-state index in [0.29, 0.717) is 4.47 Å². The highest BCUT2D eigenvalue weighted by Gasteiger charge is 2.23. The molecule has 26 heavy (non-hydrogen) atoms. The number of hydrogen-bond acceptors (Lipinski definition) is 4. The molecule has 0 saturated heterocycles. The summed E-state index contributed by atoms with van der Waals surface area (Å²) in [6.45, 7) is 5.43. The SMILES string of the molecule is CC(C)(C)NS(=O)(=O)c1ccc(-c2csc(-c3cc[c]cc3)n2)c(Br)c1. The van der Waals surface area contributed by atoms with Gasteiger partial charge in [-0.1, -0.05) is 46.3 Å². The number of hydrogen-bond donors (Lipinski definition) is 1. The van der Waals surface area contributed by atoms with Crippen molar-refractivity contribution in [2.24, 2.45) is 0 Å². The first-order chi connectivity index (χ1) is 12.2. The molecule has 3 aromatic rings. The fraction of sp³-hybridized carbons (Fsp3) is 0.211. The van der Waals surface area contributed by atoms with Crippen molar-refractivity contribution < 1.29 is 8.42 Å². The predicted molar refractivity (Wildman–Crippen MR) is 110 cm³/mol. The van der Waals surface area contributed by atoms with Crippen molar-refractivity contribution in [1.29, 1.82) is 0 Å². The number of nitrogens with one attached hydrogen (secondary N) is 1. The van der Waals surface area contributed by atoms with Crippen LogP contribution in [0.2, 0.25) is 0 Å². The topological polar surface area (TPSA) is 59.1 Å². The lowest BCUT2D eigenvalue weighted by atomic mass is 10.1. The van der Waals surface area contributed by atoms with Gasteiger partial charge in [-0.15, -0.1) is 11.3 Å². The molecule has 1 radical (unpaired) electrons. The third-order valence-corrected chi connectivity index (χ3v) is 6.74. The minimum absolute atomic E-state index is 0.220. The lowest BCUT2D eigenvalue weighted by Crippen LogP contribution is -2.40. The third kappa shape index (κ3) is 4.40. The molecule has 1 N–H and O–H groups in total. The predicted octanol–water partition coefficient (Wildman–Crippen LogP) is 5.12. The molecule has 4 nitrogen and oxygen atoms in total. The largest absolute Gasteiger partial charge is 0.241 e. The molecule has 0 aliphatic carbocycles. The Morgan fingerprint density at radius 2 is 1.85 bits per heavy atom. The third-order valence-electron chi connectivity index (χ3n) is 3.44. The zero-order valence-electron chi connectivity index (χ0n) is 14.6. The maximum absolute atomic E-state index is 12.5. The van der Waals surface area contributed by atoms with Gasteiger partial charge in [-0.2, -0.15) is 0 Å². The molecule has 1 heterocycles. The van der Waals surface area contributed by atoms with Crippen molar-refractivity contribution in [2.75, 3.05) is 0 Å². The van der Waals surface area contributed by atoms with E-state index in [2.05, 4.69) is 31.7 Å². The van der Waals surface area contributed by atoms with Gasteiger partial charge in [-0.3, -0.25) is 0 Å². The van der Waals surface area contributed by atoms with Crippen LogP contribution < -0.4 is 4.72 Å². The Labute approximate surface area is 166 Å². The minimum atomic E-state index is -3.58. The summed E-state index contributed by atoms with van der Waals surface area (Å²) in [5.41, 5.74) is 2.15. The van der Waals surface area contributed by atoms with Crippen molar-refractivity contribution in [3.63, 3.8) is 0 Å². The Morgan fingerprint density at radius 3 is 2.46 bits per heavy atom. The fourth-order valence-corrected chi connectivity index (χ4v) is 5.40. The molecule has 1 aromatic heterocycles. The summed E-state index contributed by atoms with van der Waals surface area (Å²) in [6.07, 6.45) is 0. The van der Waals surface area contributed by atoms with Crippen molar-refractivity contribution in [2.45, 2.75) is 31.2 Å². The van der Waals surface area contributed by atoms with Crippen molar-refractivity contribution >= 4 is 37.3 Å². The van der Waals surface area contributed by atoms with Gasteiger partial charge in [0.25, 0.3) is 0 Å². The van der Waals surface area contributed by atoms with E-state index in [1.807, 2.05) is 50.4 Å². The molecule has 0 atom stereocenters. The highest BCUT2D eigenvalue weighted by Crippen LogP contribution is 2.34. The Hall–Kier alpha value is -1.54. The second kappa shape index (κ2) is 7.23. The smallest absolute Gasteiger partial charge is 0.236 e. The van der Waals surface area contributed by atoms with Crippen LogP contribution in [0.5, 0.6) is 0 Å². The van der Waals surface area contributed by atoms with E-state index >= 15 is 0 Å². The number of rotatable bonds is 4. The van der Waals surface area contributed by atoms with Crippen LogP contribution in [0.15, 0.2) is 57.2 Å². The number of thiazole rings is 1. The normalized spacial score (nSPS) is 12.3. The van der Waals surface area contributed by atoms with Crippen molar-refractivity contribution in [3.05, 3.63) is 58.4 Å². The molecule has 135 valence electrons. The zero-order valence-corrected chi connectivity index (χ0v) is 17.8. The molecule has 7 heteroatoms. The van der Waals surface area contributed by atoms with E-state index in [4.69, 9.17) is 0 Å². The van der Waals surface area contributed by atoms with Gasteiger partial charge < -0.3 is 0 Å². The highest BCUT2D eigenvalue weighted by atomic mass is 79.9. The Bertz CT molecular complexity index is 1020. The molecular weight excluding hydrogens is 432 g/mol. The first kappa shape index (κ1) is 19.2. The van der Waals surface area contributed by atoms with Crippen molar-refractivity contribution in [1.82, 2.24) is 9.71 Å². The molecule has 3 rings (SSSR count). The summed E-state index contributed by atoms with van der Waals surface area (Å²) in [7, 11) is -3.58. The molecule has 0 bridgehead atoms. The lowest BCUT2D eigenvalue weighted by Gasteiger charge is -2.20. The van der Waals surface area contributed by atoms with Crippen LogP contribution in [-0.2, 0) is 10.0 Å². The highest BCUT2D eigenvalue weighted by molar-refractivity contribution is 9.10. The number of nitrogens with zero attached hydrogens (tertiary/aromatic N) is 1. The summed E-state index contributed by atoms with van der Waals surface area (Å²) in [4.78, 5) is 4.89. The molecule has 0 amide bonds. The van der Waals surface area contributed by atoms with E-state index in [9.17, 15) is 8.42 Å². The maximum Gasteiger partial charge on any atom is 0.241 e. The average molecular weight is 450 g/mol. The van der Waals surface area contributed by atoms with Crippen molar-refractivity contribution in [3.8, 4) is 21.8 Å². The average Bonchev–Trinajstić information content (AvgIpc) is 3.03. The number of aromatic nitrogens is 1. The van der Waals surface area contributed by atoms with Gasteiger partial charge in [0.1, 0.15) is 5.01 Å². The molecule has 0 spiro atoms. The van der Waals surface area contributed by atoms with Gasteiger partial charge in [0.2, 0.25) is 10.0 Å². The molecule has 0 saturated carbocycles. The van der Waals surface area contributed by atoms with Crippen LogP contribution in [0.4, 0.5) is 0 Å². The van der Waals surface area contributed by atoms with E-state index in [-0.39, 0.29) is 4.90 Å². The molecule has 0 unspecified atom stereocenters. The van der Waals surface area contributed by atoms with E-state index < -0.39 is 15.6 Å².